The summed E-state index contributed by atoms with van der Waals surface area (Å²) in [7, 11) is 0. The predicted molar refractivity (Wildman–Crippen MR) is 87.4 cm³/mol. The van der Waals surface area contributed by atoms with Crippen molar-refractivity contribution in [1.29, 1.82) is 0 Å². The van der Waals surface area contributed by atoms with Gasteiger partial charge in [-0.2, -0.15) is 0 Å². The molecule has 2 aromatic carbocycles. The van der Waals surface area contributed by atoms with E-state index in [2.05, 4.69) is 17.0 Å². The molecule has 0 spiro atoms. The summed E-state index contributed by atoms with van der Waals surface area (Å²) >= 11 is 0. The number of carbonyl (C=O) groups excluding carboxylic acids is 1. The number of hydrogen-bond acceptors (Lipinski definition) is 3. The molecule has 0 aliphatic heterocycles. The molecule has 0 saturated heterocycles. The van der Waals surface area contributed by atoms with Crippen molar-refractivity contribution in [2.24, 2.45) is 0 Å². The molecule has 0 saturated carbocycles. The minimum absolute atomic E-state index is 0.0791. The maximum absolute atomic E-state index is 14.1. The van der Waals surface area contributed by atoms with Crippen molar-refractivity contribution < 1.29 is 23.0 Å². The highest BCUT2D eigenvalue weighted by Gasteiger charge is 2.13. The molecule has 1 amide bonds. The van der Waals surface area contributed by atoms with Gasteiger partial charge in [-0.05, 0) is 42.7 Å². The zero-order chi connectivity index (χ0) is 17.5. The summed E-state index contributed by atoms with van der Waals surface area (Å²) < 4.78 is 35.9. The molecule has 0 bridgehead atoms. The lowest BCUT2D eigenvalue weighted by Crippen LogP contribution is -2.15. The summed E-state index contributed by atoms with van der Waals surface area (Å²) in [5.74, 6) is 0.101. The van der Waals surface area contributed by atoms with Crippen molar-refractivity contribution in [2.45, 2.75) is 26.9 Å². The second-order valence-electron chi connectivity index (χ2n) is 5.17. The van der Waals surface area contributed by atoms with Crippen molar-refractivity contribution >= 4 is 11.8 Å². The van der Waals surface area contributed by atoms with Crippen LogP contribution in [0, 0.1) is 12.7 Å². The van der Waals surface area contributed by atoms with Gasteiger partial charge in [0.05, 0.1) is 5.69 Å². The summed E-state index contributed by atoms with van der Waals surface area (Å²) in [6.07, 6.45) is -0.0769. The zero-order valence-corrected chi connectivity index (χ0v) is 13.6. The molecule has 0 aliphatic rings. The van der Waals surface area contributed by atoms with E-state index in [9.17, 15) is 13.6 Å². The third kappa shape index (κ3) is 4.44. The molecular weight excluding hydrogens is 316 g/mol. The van der Waals surface area contributed by atoms with Gasteiger partial charge >= 0.3 is 6.09 Å². The van der Waals surface area contributed by atoms with E-state index in [0.717, 1.165) is 12.0 Å². The first kappa shape index (κ1) is 17.7. The molecule has 2 rings (SSSR count). The highest BCUT2D eigenvalue weighted by Crippen LogP contribution is 2.24. The number of aryl methyl sites for hydroxylation is 2. The fraction of sp³-hybridized carbons (Fsp3) is 0.278. The number of ether oxygens (including phenoxy) is 2. The largest absolute Gasteiger partial charge is 0.488 e. The summed E-state index contributed by atoms with van der Waals surface area (Å²) in [5.41, 5.74) is 2.46. The van der Waals surface area contributed by atoms with Gasteiger partial charge in [0.15, 0.2) is 0 Å². The number of rotatable bonds is 6. The van der Waals surface area contributed by atoms with Crippen molar-refractivity contribution in [3.63, 3.8) is 0 Å². The predicted octanol–water partition coefficient (Wildman–Crippen LogP) is 4.75. The van der Waals surface area contributed by atoms with Crippen LogP contribution < -0.4 is 10.1 Å². The van der Waals surface area contributed by atoms with Gasteiger partial charge in [0.1, 0.15) is 18.2 Å². The quantitative estimate of drug-likeness (QED) is 0.828. The lowest BCUT2D eigenvalue weighted by molar-refractivity contribution is 0.111. The smallest absolute Gasteiger partial charge is 0.413 e. The van der Waals surface area contributed by atoms with E-state index in [0.29, 0.717) is 5.75 Å². The number of nitrogens with one attached hydrogen (secondary N) is 1. The molecule has 4 nitrogen and oxygen atoms in total. The number of benzene rings is 2. The van der Waals surface area contributed by atoms with Gasteiger partial charge in [0.2, 0.25) is 6.86 Å². The molecule has 0 unspecified atom stereocenters. The van der Waals surface area contributed by atoms with Crippen LogP contribution in [0.25, 0.3) is 0 Å². The molecular formula is C18H19F2NO3. The number of anilines is 1. The summed E-state index contributed by atoms with van der Waals surface area (Å²) in [6, 6.07) is 9.98. The van der Waals surface area contributed by atoms with Crippen LogP contribution in [0.1, 0.15) is 23.6 Å². The molecule has 128 valence electrons. The van der Waals surface area contributed by atoms with E-state index < -0.39 is 18.8 Å². The summed E-state index contributed by atoms with van der Waals surface area (Å²) in [5, 5.41) is 2.30. The van der Waals surface area contributed by atoms with Crippen LogP contribution in [0.4, 0.5) is 19.3 Å². The van der Waals surface area contributed by atoms with E-state index in [-0.39, 0.29) is 17.9 Å². The van der Waals surface area contributed by atoms with Gasteiger partial charge in [0.25, 0.3) is 0 Å². The molecule has 24 heavy (non-hydrogen) atoms. The van der Waals surface area contributed by atoms with E-state index in [4.69, 9.17) is 4.74 Å². The molecule has 6 heteroatoms. The Kier molecular flexibility index (Phi) is 6.12. The number of amides is 1. The topological polar surface area (TPSA) is 47.6 Å². The number of alkyl halides is 1. The summed E-state index contributed by atoms with van der Waals surface area (Å²) in [6.45, 7) is 2.64. The molecule has 0 aliphatic carbocycles. The molecule has 2 aromatic rings. The molecule has 0 fully saturated rings. The van der Waals surface area contributed by atoms with Crippen molar-refractivity contribution in [3.8, 4) is 5.75 Å². The SMILES string of the molecule is CCc1ccc(OCc2c(F)cccc2NC(=O)OCF)c(C)c1. The Morgan fingerprint density at radius 3 is 2.71 bits per heavy atom. The monoisotopic (exact) mass is 335 g/mol. The van der Waals surface area contributed by atoms with Gasteiger partial charge in [-0.15, -0.1) is 0 Å². The van der Waals surface area contributed by atoms with Crippen LogP contribution >= 0.6 is 0 Å². The van der Waals surface area contributed by atoms with Crippen LogP contribution in [-0.4, -0.2) is 13.0 Å². The standard InChI is InChI=1S/C18H19F2NO3/c1-3-13-7-8-17(12(2)9-13)23-10-14-15(20)5-4-6-16(14)21-18(22)24-11-19/h4-9H,3,10-11H2,1-2H3,(H,21,22). The zero-order valence-electron chi connectivity index (χ0n) is 13.6. The minimum atomic E-state index is -1.25. The van der Waals surface area contributed by atoms with E-state index >= 15 is 0 Å². The highest BCUT2D eigenvalue weighted by atomic mass is 19.1. The molecule has 0 aromatic heterocycles. The lowest BCUT2D eigenvalue weighted by Gasteiger charge is -2.14. The molecule has 0 radical (unpaired) electrons. The normalized spacial score (nSPS) is 10.3. The van der Waals surface area contributed by atoms with E-state index in [1.165, 1.54) is 23.8 Å². The third-order valence-corrected chi connectivity index (χ3v) is 3.56. The second-order valence-corrected chi connectivity index (χ2v) is 5.17. The van der Waals surface area contributed by atoms with E-state index in [1.807, 2.05) is 25.1 Å². The van der Waals surface area contributed by atoms with Crippen LogP contribution in [0.15, 0.2) is 36.4 Å². The Balaban J connectivity index is 2.16. The van der Waals surface area contributed by atoms with Crippen molar-refractivity contribution in [3.05, 3.63) is 58.9 Å². The number of halogens is 2. The maximum Gasteiger partial charge on any atom is 0.413 e. The highest BCUT2D eigenvalue weighted by molar-refractivity contribution is 5.85. The fourth-order valence-electron chi connectivity index (χ4n) is 2.26. The Labute approximate surface area is 139 Å². The molecule has 0 heterocycles. The fourth-order valence-corrected chi connectivity index (χ4v) is 2.26. The first-order valence-corrected chi connectivity index (χ1v) is 7.54. The van der Waals surface area contributed by atoms with Gasteiger partial charge < -0.3 is 9.47 Å². The maximum atomic E-state index is 14.1. The van der Waals surface area contributed by atoms with Crippen LogP contribution in [0.3, 0.4) is 0 Å². The second kappa shape index (κ2) is 8.29. The Morgan fingerprint density at radius 2 is 2.04 bits per heavy atom. The number of carbonyl (C=O) groups is 1. The van der Waals surface area contributed by atoms with Gasteiger partial charge in [-0.1, -0.05) is 25.1 Å². The first-order valence-electron chi connectivity index (χ1n) is 7.54. The number of hydrogen-bond donors (Lipinski definition) is 1. The van der Waals surface area contributed by atoms with Crippen molar-refractivity contribution in [1.82, 2.24) is 0 Å². The van der Waals surface area contributed by atoms with Crippen LogP contribution in [-0.2, 0) is 17.8 Å². The summed E-state index contributed by atoms with van der Waals surface area (Å²) in [4.78, 5) is 11.3. The van der Waals surface area contributed by atoms with Gasteiger partial charge in [0, 0.05) is 5.56 Å². The first-order chi connectivity index (χ1) is 11.5. The lowest BCUT2D eigenvalue weighted by atomic mass is 10.1. The van der Waals surface area contributed by atoms with Crippen molar-refractivity contribution in [2.75, 3.05) is 12.2 Å². The average molecular weight is 335 g/mol. The molecule has 1 N–H and O–H groups in total. The van der Waals surface area contributed by atoms with Gasteiger partial charge in [-0.25, -0.2) is 13.6 Å². The van der Waals surface area contributed by atoms with E-state index in [1.54, 1.807) is 0 Å². The third-order valence-electron chi connectivity index (χ3n) is 3.56. The Morgan fingerprint density at radius 1 is 1.25 bits per heavy atom. The Hall–Kier alpha value is -2.63. The van der Waals surface area contributed by atoms with Crippen LogP contribution in [0.2, 0.25) is 0 Å². The van der Waals surface area contributed by atoms with Crippen LogP contribution in [0.5, 0.6) is 5.75 Å². The Bertz CT molecular complexity index is 719. The van der Waals surface area contributed by atoms with Gasteiger partial charge in [-0.3, -0.25) is 5.32 Å². The molecule has 0 atom stereocenters. The minimum Gasteiger partial charge on any atom is -0.488 e. The average Bonchev–Trinajstić information content (AvgIpc) is 2.55.